The Kier molecular flexibility index (Phi) is 2.87. The van der Waals surface area contributed by atoms with Gasteiger partial charge in [0.2, 0.25) is 0 Å². The average molecular weight is 177 g/mol. The molecule has 1 rings (SSSR count). The van der Waals surface area contributed by atoms with Gasteiger partial charge in [-0.05, 0) is 12.0 Å². The smallest absolute Gasteiger partial charge is 0.384 e. The molecule has 0 radical (unpaired) electrons. The number of nitrogens with zero attached hydrogens (tertiary/aromatic N) is 1. The Morgan fingerprint density at radius 3 is 3.08 bits per heavy atom. The Hall–Kier alpha value is -2.02. The molecule has 0 aliphatic carbocycles. The molecule has 0 fully saturated rings. The van der Waals surface area contributed by atoms with Crippen LogP contribution in [-0.2, 0) is 9.53 Å². The van der Waals surface area contributed by atoms with Crippen LogP contribution in [0, 0.1) is 17.0 Å². The topological polar surface area (TPSA) is 53.2 Å². The predicted octanol–water partition coefficient (Wildman–Crippen LogP) is -0.155. The van der Waals surface area contributed by atoms with Crippen LogP contribution in [0.15, 0.2) is 24.5 Å². The Balaban J connectivity index is 2.83. The maximum atomic E-state index is 10.7. The van der Waals surface area contributed by atoms with Crippen LogP contribution in [0.2, 0.25) is 0 Å². The SMILES string of the molecule is COC(=O)C#Cc1ccc[n+]([O-])c1. The molecule has 0 amide bonds. The molecule has 0 saturated carbocycles. The third-order valence-corrected chi connectivity index (χ3v) is 1.27. The number of carbonyl (C=O) groups is 1. The number of pyridine rings is 1. The molecule has 0 spiro atoms. The molecule has 4 nitrogen and oxygen atoms in total. The van der Waals surface area contributed by atoms with Crippen LogP contribution in [-0.4, -0.2) is 13.1 Å². The third kappa shape index (κ3) is 2.83. The van der Waals surface area contributed by atoms with Crippen LogP contribution < -0.4 is 4.73 Å². The van der Waals surface area contributed by atoms with Gasteiger partial charge in [0.25, 0.3) is 0 Å². The summed E-state index contributed by atoms with van der Waals surface area (Å²) in [5, 5.41) is 10.7. The highest BCUT2D eigenvalue weighted by atomic mass is 16.5. The number of esters is 1. The highest BCUT2D eigenvalue weighted by molar-refractivity contribution is 5.88. The van der Waals surface area contributed by atoms with Crippen molar-refractivity contribution in [2.24, 2.45) is 0 Å². The van der Waals surface area contributed by atoms with Crippen molar-refractivity contribution in [3.05, 3.63) is 35.3 Å². The first-order valence-electron chi connectivity index (χ1n) is 3.51. The molecule has 66 valence electrons. The van der Waals surface area contributed by atoms with Gasteiger partial charge in [0.1, 0.15) is 0 Å². The van der Waals surface area contributed by atoms with Crippen molar-refractivity contribution in [3.8, 4) is 11.8 Å². The second-order valence-corrected chi connectivity index (χ2v) is 2.19. The Morgan fingerprint density at radius 1 is 1.69 bits per heavy atom. The minimum atomic E-state index is -0.624. The van der Waals surface area contributed by atoms with Crippen molar-refractivity contribution in [2.45, 2.75) is 0 Å². The van der Waals surface area contributed by atoms with Crippen LogP contribution in [0.3, 0.4) is 0 Å². The maximum Gasteiger partial charge on any atom is 0.384 e. The van der Waals surface area contributed by atoms with Gasteiger partial charge in [-0.25, -0.2) is 4.79 Å². The van der Waals surface area contributed by atoms with E-state index >= 15 is 0 Å². The highest BCUT2D eigenvalue weighted by Crippen LogP contribution is 1.89. The van der Waals surface area contributed by atoms with Gasteiger partial charge >= 0.3 is 5.97 Å². The maximum absolute atomic E-state index is 10.7. The molecule has 0 aliphatic heterocycles. The molecular formula is C9H7NO3. The largest absolute Gasteiger partial charge is 0.619 e. The lowest BCUT2D eigenvalue weighted by Crippen LogP contribution is -2.24. The summed E-state index contributed by atoms with van der Waals surface area (Å²) < 4.78 is 4.92. The number of aromatic nitrogens is 1. The molecule has 13 heavy (non-hydrogen) atoms. The van der Waals surface area contributed by atoms with Crippen LogP contribution in [0.4, 0.5) is 0 Å². The molecule has 0 aliphatic rings. The van der Waals surface area contributed by atoms with Gasteiger partial charge in [-0.15, -0.1) is 0 Å². The van der Waals surface area contributed by atoms with Gasteiger partial charge in [0.15, 0.2) is 12.4 Å². The molecule has 4 heteroatoms. The number of hydrogen-bond donors (Lipinski definition) is 0. The van der Waals surface area contributed by atoms with Gasteiger partial charge in [-0.3, -0.25) is 0 Å². The standard InChI is InChI=1S/C9H7NO3/c1-13-9(11)5-4-8-3-2-6-10(12)7-8/h2-3,6-7H,1H3. The minimum Gasteiger partial charge on any atom is -0.619 e. The summed E-state index contributed by atoms with van der Waals surface area (Å²) in [4.78, 5) is 10.6. The fourth-order valence-electron chi connectivity index (χ4n) is 0.703. The van der Waals surface area contributed by atoms with E-state index in [-0.39, 0.29) is 0 Å². The average Bonchev–Trinajstić information content (AvgIpc) is 2.14. The minimum absolute atomic E-state index is 0.475. The Labute approximate surface area is 75.3 Å². The monoisotopic (exact) mass is 177 g/mol. The molecule has 0 unspecified atom stereocenters. The van der Waals surface area contributed by atoms with Crippen molar-refractivity contribution in [3.63, 3.8) is 0 Å². The van der Waals surface area contributed by atoms with E-state index in [1.54, 1.807) is 12.1 Å². The number of methoxy groups -OCH3 is 1. The number of hydrogen-bond acceptors (Lipinski definition) is 3. The summed E-state index contributed by atoms with van der Waals surface area (Å²) >= 11 is 0. The predicted molar refractivity (Wildman–Crippen MR) is 44.3 cm³/mol. The lowest BCUT2D eigenvalue weighted by molar-refractivity contribution is -0.605. The molecule has 0 N–H and O–H groups in total. The van der Waals surface area contributed by atoms with Crippen LogP contribution in [0.1, 0.15) is 5.56 Å². The summed E-state index contributed by atoms with van der Waals surface area (Å²) in [7, 11) is 1.25. The lowest BCUT2D eigenvalue weighted by atomic mass is 10.3. The number of carbonyl (C=O) groups excluding carboxylic acids is 1. The molecule has 0 aromatic carbocycles. The molecule has 0 saturated heterocycles. The summed E-state index contributed by atoms with van der Waals surface area (Å²) in [5.74, 6) is 4.08. The molecule has 1 aromatic rings. The van der Waals surface area contributed by atoms with E-state index in [9.17, 15) is 10.0 Å². The highest BCUT2D eigenvalue weighted by Gasteiger charge is 1.93. The first-order valence-corrected chi connectivity index (χ1v) is 3.51. The fraction of sp³-hybridized carbons (Fsp3) is 0.111. The van der Waals surface area contributed by atoms with Gasteiger partial charge in [-0.1, -0.05) is 0 Å². The van der Waals surface area contributed by atoms with Gasteiger partial charge < -0.3 is 9.94 Å². The van der Waals surface area contributed by atoms with Crippen LogP contribution in [0.25, 0.3) is 0 Å². The molecule has 0 atom stereocenters. The van der Waals surface area contributed by atoms with E-state index in [4.69, 9.17) is 0 Å². The summed E-state index contributed by atoms with van der Waals surface area (Å²) in [5.41, 5.74) is 0.475. The van der Waals surface area contributed by atoms with Crippen molar-refractivity contribution < 1.29 is 14.3 Å². The Morgan fingerprint density at radius 2 is 2.46 bits per heavy atom. The van der Waals surface area contributed by atoms with E-state index in [1.807, 2.05) is 0 Å². The summed E-state index contributed by atoms with van der Waals surface area (Å²) in [6.07, 6.45) is 2.61. The van der Waals surface area contributed by atoms with Crippen molar-refractivity contribution >= 4 is 5.97 Å². The first kappa shape index (κ1) is 9.07. The zero-order chi connectivity index (χ0) is 9.68. The quantitative estimate of drug-likeness (QED) is 0.239. The van der Waals surface area contributed by atoms with Gasteiger partial charge in [0.05, 0.1) is 12.7 Å². The number of rotatable bonds is 0. The zero-order valence-electron chi connectivity index (χ0n) is 6.98. The third-order valence-electron chi connectivity index (χ3n) is 1.27. The molecule has 1 heterocycles. The second kappa shape index (κ2) is 4.12. The molecule has 0 bridgehead atoms. The van der Waals surface area contributed by atoms with E-state index in [0.717, 1.165) is 0 Å². The summed E-state index contributed by atoms with van der Waals surface area (Å²) in [6.45, 7) is 0. The van der Waals surface area contributed by atoms with E-state index < -0.39 is 5.97 Å². The van der Waals surface area contributed by atoms with Crippen LogP contribution in [0.5, 0.6) is 0 Å². The van der Waals surface area contributed by atoms with Crippen molar-refractivity contribution in [1.82, 2.24) is 0 Å². The van der Waals surface area contributed by atoms with Crippen molar-refractivity contribution in [2.75, 3.05) is 7.11 Å². The first-order chi connectivity index (χ1) is 6.22. The van der Waals surface area contributed by atoms with E-state index in [0.29, 0.717) is 10.3 Å². The van der Waals surface area contributed by atoms with Crippen molar-refractivity contribution in [1.29, 1.82) is 0 Å². The molecule has 1 aromatic heterocycles. The zero-order valence-corrected chi connectivity index (χ0v) is 6.98. The normalized spacial score (nSPS) is 8.38. The van der Waals surface area contributed by atoms with E-state index in [2.05, 4.69) is 16.6 Å². The molecular weight excluding hydrogens is 170 g/mol. The summed E-state index contributed by atoms with van der Waals surface area (Å²) in [6, 6.07) is 3.18. The number of ether oxygens (including phenoxy) is 1. The second-order valence-electron chi connectivity index (χ2n) is 2.19. The lowest BCUT2D eigenvalue weighted by Gasteiger charge is -1.92. The Bertz CT molecular complexity index is 376. The van der Waals surface area contributed by atoms with Gasteiger partial charge in [-0.2, -0.15) is 4.73 Å². The van der Waals surface area contributed by atoms with E-state index in [1.165, 1.54) is 19.5 Å². The van der Waals surface area contributed by atoms with Gasteiger partial charge in [0, 0.05) is 12.0 Å². The fourth-order valence-corrected chi connectivity index (χ4v) is 0.703. The van der Waals surface area contributed by atoms with Crippen LogP contribution >= 0.6 is 0 Å².